The monoisotopic (exact) mass is 350 g/mol. The average molecular weight is 350 g/mol. The zero-order valence-corrected chi connectivity index (χ0v) is 14.6. The van der Waals surface area contributed by atoms with E-state index < -0.39 is 0 Å². The second-order valence-corrected chi connectivity index (χ2v) is 7.38. The van der Waals surface area contributed by atoms with E-state index in [1.165, 1.54) is 19.3 Å². The van der Waals surface area contributed by atoms with Crippen LogP contribution in [0.4, 0.5) is 0 Å². The minimum absolute atomic E-state index is 0.0930. The molecule has 0 radical (unpaired) electrons. The van der Waals surface area contributed by atoms with Gasteiger partial charge in [-0.2, -0.15) is 5.10 Å². The zero-order chi connectivity index (χ0) is 17.5. The highest BCUT2D eigenvalue weighted by molar-refractivity contribution is 6.05. The van der Waals surface area contributed by atoms with E-state index in [4.69, 9.17) is 4.42 Å². The van der Waals surface area contributed by atoms with E-state index in [-0.39, 0.29) is 11.9 Å². The lowest BCUT2D eigenvalue weighted by atomic mass is 10.00. The van der Waals surface area contributed by atoms with E-state index in [1.54, 1.807) is 12.5 Å². The number of nitrogens with zero attached hydrogens (tertiary/aromatic N) is 2. The summed E-state index contributed by atoms with van der Waals surface area (Å²) in [4.78, 5) is 15.4. The van der Waals surface area contributed by atoms with Crippen molar-refractivity contribution in [1.82, 2.24) is 20.4 Å². The van der Waals surface area contributed by atoms with Crippen molar-refractivity contribution in [1.29, 1.82) is 0 Å². The molecule has 5 rings (SSSR count). The molecule has 6 nitrogen and oxygen atoms in total. The third kappa shape index (κ3) is 2.70. The molecule has 0 bridgehead atoms. The molecular weight excluding hydrogens is 328 g/mol. The van der Waals surface area contributed by atoms with Crippen LogP contribution in [0.3, 0.4) is 0 Å². The summed E-state index contributed by atoms with van der Waals surface area (Å²) >= 11 is 0. The fourth-order valence-corrected chi connectivity index (χ4v) is 4.20. The molecule has 0 aliphatic carbocycles. The maximum atomic E-state index is 12.9. The Balaban J connectivity index is 1.39. The van der Waals surface area contributed by atoms with Crippen molar-refractivity contribution in [3.8, 4) is 11.1 Å². The van der Waals surface area contributed by atoms with Crippen LogP contribution < -0.4 is 5.32 Å². The van der Waals surface area contributed by atoms with E-state index in [0.717, 1.165) is 47.6 Å². The van der Waals surface area contributed by atoms with Crippen LogP contribution in [0.1, 0.15) is 36.2 Å². The SMILES string of the molecule is O=C(N[C@@H]1CCCC2CCN2C1)c1n[nH]c2ccc(-c3ccoc3)cc12. The van der Waals surface area contributed by atoms with E-state index >= 15 is 0 Å². The smallest absolute Gasteiger partial charge is 0.272 e. The highest BCUT2D eigenvalue weighted by Crippen LogP contribution is 2.28. The van der Waals surface area contributed by atoms with Crippen molar-refractivity contribution >= 4 is 16.8 Å². The highest BCUT2D eigenvalue weighted by Gasteiger charge is 2.33. The first kappa shape index (κ1) is 15.6. The number of aromatic nitrogens is 2. The van der Waals surface area contributed by atoms with Crippen molar-refractivity contribution in [2.24, 2.45) is 0 Å². The van der Waals surface area contributed by atoms with Crippen molar-refractivity contribution in [2.75, 3.05) is 13.1 Å². The first-order valence-electron chi connectivity index (χ1n) is 9.33. The van der Waals surface area contributed by atoms with Gasteiger partial charge in [0.05, 0.1) is 18.0 Å². The maximum Gasteiger partial charge on any atom is 0.272 e. The molecule has 26 heavy (non-hydrogen) atoms. The molecular formula is C20H22N4O2. The molecule has 3 aromatic rings. The van der Waals surface area contributed by atoms with Gasteiger partial charge < -0.3 is 9.73 Å². The quantitative estimate of drug-likeness (QED) is 0.761. The molecule has 2 aromatic heterocycles. The lowest BCUT2D eigenvalue weighted by Crippen LogP contribution is -2.52. The summed E-state index contributed by atoms with van der Waals surface area (Å²) in [5.74, 6) is -0.0930. The largest absolute Gasteiger partial charge is 0.472 e. The van der Waals surface area contributed by atoms with Crippen LogP contribution in [0.15, 0.2) is 41.2 Å². The van der Waals surface area contributed by atoms with Gasteiger partial charge in [-0.05, 0) is 56.0 Å². The van der Waals surface area contributed by atoms with Gasteiger partial charge in [-0.15, -0.1) is 0 Å². The molecule has 6 heteroatoms. The predicted molar refractivity (Wildman–Crippen MR) is 98.9 cm³/mol. The summed E-state index contributed by atoms with van der Waals surface area (Å²) in [6, 6.07) is 8.81. The fraction of sp³-hybridized carbons (Fsp3) is 0.400. The highest BCUT2D eigenvalue weighted by atomic mass is 16.3. The Bertz CT molecular complexity index is 931. The number of amides is 1. The first-order chi connectivity index (χ1) is 12.8. The molecule has 1 unspecified atom stereocenters. The van der Waals surface area contributed by atoms with Crippen molar-refractivity contribution in [3.05, 3.63) is 42.5 Å². The number of benzene rings is 1. The van der Waals surface area contributed by atoms with Crippen molar-refractivity contribution in [3.63, 3.8) is 0 Å². The lowest BCUT2D eigenvalue weighted by molar-refractivity contribution is 0.0787. The molecule has 2 saturated heterocycles. The van der Waals surface area contributed by atoms with E-state index in [1.807, 2.05) is 24.3 Å². The normalized spacial score (nSPS) is 23.2. The molecule has 0 spiro atoms. The molecule has 4 heterocycles. The Hall–Kier alpha value is -2.60. The summed E-state index contributed by atoms with van der Waals surface area (Å²) < 4.78 is 5.17. The molecule has 2 atom stereocenters. The number of hydrogen-bond donors (Lipinski definition) is 2. The van der Waals surface area contributed by atoms with E-state index in [9.17, 15) is 4.79 Å². The second-order valence-electron chi connectivity index (χ2n) is 7.38. The number of H-pyrrole nitrogens is 1. The summed E-state index contributed by atoms with van der Waals surface area (Å²) in [5.41, 5.74) is 3.34. The zero-order valence-electron chi connectivity index (χ0n) is 14.6. The molecule has 134 valence electrons. The Labute approximate surface area is 151 Å². The Morgan fingerprint density at radius 1 is 1.23 bits per heavy atom. The molecule has 2 aliphatic rings. The molecule has 2 aliphatic heterocycles. The predicted octanol–water partition coefficient (Wildman–Crippen LogP) is 3.18. The third-order valence-corrected chi connectivity index (χ3v) is 5.78. The number of nitrogens with one attached hydrogen (secondary N) is 2. The van der Waals surface area contributed by atoms with Gasteiger partial charge in [-0.1, -0.05) is 6.07 Å². The van der Waals surface area contributed by atoms with E-state index in [0.29, 0.717) is 5.69 Å². The van der Waals surface area contributed by atoms with Crippen LogP contribution in [0.2, 0.25) is 0 Å². The molecule has 1 amide bonds. The molecule has 0 saturated carbocycles. The number of fused-ring (bicyclic) bond motifs is 2. The van der Waals surface area contributed by atoms with Gasteiger partial charge in [0.15, 0.2) is 5.69 Å². The number of aromatic amines is 1. The van der Waals surface area contributed by atoms with Crippen LogP contribution in [0, 0.1) is 0 Å². The van der Waals surface area contributed by atoms with Crippen LogP contribution >= 0.6 is 0 Å². The van der Waals surface area contributed by atoms with Gasteiger partial charge in [0.25, 0.3) is 5.91 Å². The summed E-state index contributed by atoms with van der Waals surface area (Å²) in [7, 11) is 0. The summed E-state index contributed by atoms with van der Waals surface area (Å²) in [6.45, 7) is 2.12. The minimum atomic E-state index is -0.0930. The standard InChI is InChI=1S/C20H22N4O2/c25-20(21-15-2-1-3-16-6-8-24(16)11-15)19-17-10-13(14-7-9-26-12-14)4-5-18(17)22-23-19/h4-5,7,9-10,12,15-16H,1-3,6,8,11H2,(H,21,25)(H,22,23)/t15-,16?/m1/s1. The van der Waals surface area contributed by atoms with E-state index in [2.05, 4.69) is 20.4 Å². The van der Waals surface area contributed by atoms with Crippen LogP contribution in [-0.4, -0.2) is 46.2 Å². The minimum Gasteiger partial charge on any atom is -0.472 e. The number of carbonyl (C=O) groups excluding carboxylic acids is 1. The summed E-state index contributed by atoms with van der Waals surface area (Å²) in [5, 5.41) is 11.3. The van der Waals surface area contributed by atoms with Crippen molar-refractivity contribution in [2.45, 2.75) is 37.8 Å². The summed E-state index contributed by atoms with van der Waals surface area (Å²) in [6.07, 6.45) is 8.14. The van der Waals surface area contributed by atoms with Gasteiger partial charge in [0.1, 0.15) is 0 Å². The second kappa shape index (κ2) is 6.29. The van der Waals surface area contributed by atoms with Gasteiger partial charge >= 0.3 is 0 Å². The Morgan fingerprint density at radius 3 is 3.00 bits per heavy atom. The number of rotatable bonds is 3. The number of furan rings is 1. The molecule has 1 aromatic carbocycles. The Kier molecular flexibility index (Phi) is 3.78. The first-order valence-corrected chi connectivity index (χ1v) is 9.33. The van der Waals surface area contributed by atoms with Gasteiger partial charge in [0.2, 0.25) is 0 Å². The number of carbonyl (C=O) groups is 1. The van der Waals surface area contributed by atoms with Crippen LogP contribution in [0.5, 0.6) is 0 Å². The topological polar surface area (TPSA) is 74.2 Å². The van der Waals surface area contributed by atoms with Gasteiger partial charge in [-0.3, -0.25) is 14.8 Å². The maximum absolute atomic E-state index is 12.9. The Morgan fingerprint density at radius 2 is 2.19 bits per heavy atom. The number of hydrogen-bond acceptors (Lipinski definition) is 4. The van der Waals surface area contributed by atoms with Gasteiger partial charge in [-0.25, -0.2) is 0 Å². The van der Waals surface area contributed by atoms with Crippen LogP contribution in [0.25, 0.3) is 22.0 Å². The molecule has 2 N–H and O–H groups in total. The lowest BCUT2D eigenvalue weighted by Gasteiger charge is -2.40. The average Bonchev–Trinajstić information content (AvgIpc) is 3.28. The fourth-order valence-electron chi connectivity index (χ4n) is 4.20. The third-order valence-electron chi connectivity index (χ3n) is 5.78. The van der Waals surface area contributed by atoms with Gasteiger partial charge in [0, 0.05) is 29.6 Å². The van der Waals surface area contributed by atoms with Crippen LogP contribution in [-0.2, 0) is 0 Å². The molecule has 2 fully saturated rings. The van der Waals surface area contributed by atoms with Crippen molar-refractivity contribution < 1.29 is 9.21 Å².